The number of carbonyl (C=O) groups excluding carboxylic acids is 1. The van der Waals surface area contributed by atoms with Crippen molar-refractivity contribution in [3.63, 3.8) is 0 Å². The number of amides is 1. The molecule has 1 atom stereocenters. The van der Waals surface area contributed by atoms with Crippen LogP contribution in [-0.2, 0) is 11.3 Å². The number of nitrogens with one attached hydrogen (secondary N) is 1. The molecule has 2 aliphatic rings. The van der Waals surface area contributed by atoms with Crippen molar-refractivity contribution < 1.29 is 4.79 Å². The van der Waals surface area contributed by atoms with E-state index in [1.807, 2.05) is 6.92 Å². The van der Waals surface area contributed by atoms with Gasteiger partial charge in [-0.1, -0.05) is 6.92 Å². The standard InChI is InChI=1S/C18H30N4OS/c1-14(16-3-5-19-6-4-16)11-18(23)22-9-7-21(8-10-22)12-17-13-24-15(2)20-17/h13-14,16,19H,3-12H2,1-2H3. The molecule has 1 aromatic heterocycles. The zero-order chi connectivity index (χ0) is 16.9. The number of aromatic nitrogens is 1. The molecule has 1 unspecified atom stereocenters. The van der Waals surface area contributed by atoms with Gasteiger partial charge in [-0.3, -0.25) is 9.69 Å². The molecule has 1 N–H and O–H groups in total. The quantitative estimate of drug-likeness (QED) is 0.884. The van der Waals surface area contributed by atoms with Gasteiger partial charge in [0.15, 0.2) is 0 Å². The summed E-state index contributed by atoms with van der Waals surface area (Å²) in [4.78, 5) is 21.6. The van der Waals surface area contributed by atoms with Crippen LogP contribution in [0.2, 0.25) is 0 Å². The third-order valence-corrected chi connectivity index (χ3v) is 6.28. The Morgan fingerprint density at radius 3 is 2.67 bits per heavy atom. The molecule has 2 saturated heterocycles. The number of hydrogen-bond acceptors (Lipinski definition) is 5. The van der Waals surface area contributed by atoms with Crippen molar-refractivity contribution in [2.45, 2.75) is 39.7 Å². The molecule has 0 bridgehead atoms. The lowest BCUT2D eigenvalue weighted by Gasteiger charge is -2.36. The maximum atomic E-state index is 12.6. The van der Waals surface area contributed by atoms with Crippen molar-refractivity contribution in [1.82, 2.24) is 20.1 Å². The highest BCUT2D eigenvalue weighted by Crippen LogP contribution is 2.25. The number of rotatable bonds is 5. The molecule has 3 heterocycles. The van der Waals surface area contributed by atoms with Crippen molar-refractivity contribution in [2.75, 3.05) is 39.3 Å². The third kappa shape index (κ3) is 4.77. The highest BCUT2D eigenvalue weighted by Gasteiger charge is 2.26. The second kappa shape index (κ2) is 8.41. The second-order valence-electron chi connectivity index (χ2n) is 7.28. The van der Waals surface area contributed by atoms with Crippen LogP contribution in [0, 0.1) is 18.8 Å². The molecule has 24 heavy (non-hydrogen) atoms. The lowest BCUT2D eigenvalue weighted by atomic mass is 9.84. The van der Waals surface area contributed by atoms with Crippen LogP contribution in [0.3, 0.4) is 0 Å². The van der Waals surface area contributed by atoms with Gasteiger partial charge in [0.05, 0.1) is 10.7 Å². The fourth-order valence-electron chi connectivity index (χ4n) is 3.85. The predicted molar refractivity (Wildman–Crippen MR) is 98.1 cm³/mol. The molecule has 3 rings (SSSR count). The molecular weight excluding hydrogens is 320 g/mol. The molecule has 1 amide bonds. The molecule has 134 valence electrons. The van der Waals surface area contributed by atoms with Crippen LogP contribution < -0.4 is 5.32 Å². The fraction of sp³-hybridized carbons (Fsp3) is 0.778. The summed E-state index contributed by atoms with van der Waals surface area (Å²) in [5.74, 6) is 1.57. The topological polar surface area (TPSA) is 48.5 Å². The maximum Gasteiger partial charge on any atom is 0.222 e. The Morgan fingerprint density at radius 1 is 1.33 bits per heavy atom. The van der Waals surface area contributed by atoms with E-state index in [0.717, 1.165) is 62.9 Å². The van der Waals surface area contributed by atoms with Crippen molar-refractivity contribution in [3.8, 4) is 0 Å². The summed E-state index contributed by atoms with van der Waals surface area (Å²) in [6.07, 6.45) is 3.15. The van der Waals surface area contributed by atoms with E-state index < -0.39 is 0 Å². The molecule has 0 radical (unpaired) electrons. The van der Waals surface area contributed by atoms with Gasteiger partial charge in [0.2, 0.25) is 5.91 Å². The highest BCUT2D eigenvalue weighted by atomic mass is 32.1. The van der Waals surface area contributed by atoms with Crippen LogP contribution in [0.25, 0.3) is 0 Å². The van der Waals surface area contributed by atoms with Crippen LogP contribution in [0.5, 0.6) is 0 Å². The van der Waals surface area contributed by atoms with Gasteiger partial charge in [-0.05, 0) is 44.7 Å². The van der Waals surface area contributed by atoms with Crippen molar-refractivity contribution >= 4 is 17.2 Å². The Kier molecular flexibility index (Phi) is 6.25. The summed E-state index contributed by atoms with van der Waals surface area (Å²) < 4.78 is 0. The van der Waals surface area contributed by atoms with Gasteiger partial charge in [-0.25, -0.2) is 4.98 Å². The van der Waals surface area contributed by atoms with Crippen molar-refractivity contribution in [2.24, 2.45) is 11.8 Å². The second-order valence-corrected chi connectivity index (χ2v) is 8.35. The molecule has 0 spiro atoms. The number of aryl methyl sites for hydroxylation is 1. The maximum absolute atomic E-state index is 12.6. The van der Waals surface area contributed by atoms with Gasteiger partial charge < -0.3 is 10.2 Å². The highest BCUT2D eigenvalue weighted by molar-refractivity contribution is 7.09. The van der Waals surface area contributed by atoms with Gasteiger partial charge >= 0.3 is 0 Å². The normalized spacial score (nSPS) is 21.8. The summed E-state index contributed by atoms with van der Waals surface area (Å²) in [7, 11) is 0. The molecule has 5 nitrogen and oxygen atoms in total. The molecule has 6 heteroatoms. The average Bonchev–Trinajstić information content (AvgIpc) is 3.01. The number of piperazine rings is 1. The number of nitrogens with zero attached hydrogens (tertiary/aromatic N) is 3. The largest absolute Gasteiger partial charge is 0.340 e. The minimum Gasteiger partial charge on any atom is -0.340 e. The molecule has 0 saturated carbocycles. The summed E-state index contributed by atoms with van der Waals surface area (Å²) >= 11 is 1.71. The van der Waals surface area contributed by atoms with Gasteiger partial charge in [0.25, 0.3) is 0 Å². The molecule has 2 fully saturated rings. The van der Waals surface area contributed by atoms with E-state index in [1.54, 1.807) is 11.3 Å². The number of thiazole rings is 1. The van der Waals surface area contributed by atoms with E-state index in [-0.39, 0.29) is 0 Å². The molecular formula is C18H30N4OS. The zero-order valence-electron chi connectivity index (χ0n) is 15.0. The van der Waals surface area contributed by atoms with E-state index in [0.29, 0.717) is 17.7 Å². The molecule has 0 aromatic carbocycles. The average molecular weight is 351 g/mol. The lowest BCUT2D eigenvalue weighted by Crippen LogP contribution is -2.48. The Bertz CT molecular complexity index is 533. The van der Waals surface area contributed by atoms with E-state index in [2.05, 4.69) is 32.4 Å². The first-order valence-corrected chi connectivity index (χ1v) is 10.1. The van der Waals surface area contributed by atoms with Gasteiger partial charge in [0.1, 0.15) is 0 Å². The molecule has 2 aliphatic heterocycles. The minimum absolute atomic E-state index is 0.352. The van der Waals surface area contributed by atoms with Gasteiger partial charge in [-0.2, -0.15) is 0 Å². The first kappa shape index (κ1) is 17.8. The smallest absolute Gasteiger partial charge is 0.222 e. The van der Waals surface area contributed by atoms with E-state index >= 15 is 0 Å². The van der Waals surface area contributed by atoms with Crippen molar-refractivity contribution in [3.05, 3.63) is 16.1 Å². The summed E-state index contributed by atoms with van der Waals surface area (Å²) in [6, 6.07) is 0. The van der Waals surface area contributed by atoms with E-state index in [4.69, 9.17) is 0 Å². The van der Waals surface area contributed by atoms with Crippen LogP contribution in [0.1, 0.15) is 36.9 Å². The lowest BCUT2D eigenvalue weighted by molar-refractivity contribution is -0.134. The SMILES string of the molecule is Cc1nc(CN2CCN(C(=O)CC(C)C3CCNCC3)CC2)cs1. The summed E-state index contributed by atoms with van der Waals surface area (Å²) in [5.41, 5.74) is 1.16. The van der Waals surface area contributed by atoms with Crippen LogP contribution in [0.15, 0.2) is 5.38 Å². The number of hydrogen-bond donors (Lipinski definition) is 1. The van der Waals surface area contributed by atoms with Crippen LogP contribution in [0.4, 0.5) is 0 Å². The Morgan fingerprint density at radius 2 is 2.04 bits per heavy atom. The predicted octanol–water partition coefficient (Wildman–Crippen LogP) is 2.12. The summed E-state index contributed by atoms with van der Waals surface area (Å²) in [5, 5.41) is 6.68. The van der Waals surface area contributed by atoms with Crippen LogP contribution >= 0.6 is 11.3 Å². The first-order valence-electron chi connectivity index (χ1n) is 9.23. The van der Waals surface area contributed by atoms with E-state index in [9.17, 15) is 4.79 Å². The number of carbonyl (C=O) groups is 1. The van der Waals surface area contributed by atoms with Crippen LogP contribution in [-0.4, -0.2) is 60.0 Å². The monoisotopic (exact) mass is 350 g/mol. The Balaban J connectivity index is 1.41. The van der Waals surface area contributed by atoms with Gasteiger partial charge in [0, 0.05) is 44.5 Å². The zero-order valence-corrected chi connectivity index (χ0v) is 15.8. The third-order valence-electron chi connectivity index (χ3n) is 5.46. The molecule has 1 aromatic rings. The Hall–Kier alpha value is -0.980. The fourth-order valence-corrected chi connectivity index (χ4v) is 4.45. The molecule has 0 aliphatic carbocycles. The first-order chi connectivity index (χ1) is 11.6. The Labute approximate surface area is 149 Å². The van der Waals surface area contributed by atoms with Crippen molar-refractivity contribution in [1.29, 1.82) is 0 Å². The summed E-state index contributed by atoms with van der Waals surface area (Å²) in [6.45, 7) is 11.1. The van der Waals surface area contributed by atoms with Gasteiger partial charge in [-0.15, -0.1) is 11.3 Å². The van der Waals surface area contributed by atoms with E-state index in [1.165, 1.54) is 12.8 Å². The minimum atomic E-state index is 0.352. The number of piperidine rings is 1.